The summed E-state index contributed by atoms with van der Waals surface area (Å²) in [7, 11) is 0. The number of aromatic nitrogens is 5. The summed E-state index contributed by atoms with van der Waals surface area (Å²) >= 11 is 0. The molecule has 0 aromatic carbocycles. The molecule has 0 bridgehead atoms. The van der Waals surface area contributed by atoms with Crippen LogP contribution >= 0.6 is 0 Å². The summed E-state index contributed by atoms with van der Waals surface area (Å²) in [5, 5.41) is 8.64. The first-order valence-electron chi connectivity index (χ1n) is 9.32. The Morgan fingerprint density at radius 2 is 2.07 bits per heavy atom. The molecular weight excluding hydrogens is 356 g/mol. The zero-order valence-electron chi connectivity index (χ0n) is 16.0. The van der Waals surface area contributed by atoms with Gasteiger partial charge in [0.15, 0.2) is 0 Å². The quantitative estimate of drug-likeness (QED) is 0.740. The Hall–Kier alpha value is -3.29. The molecule has 144 valence electrons. The van der Waals surface area contributed by atoms with E-state index in [0.29, 0.717) is 38.0 Å². The van der Waals surface area contributed by atoms with E-state index in [4.69, 9.17) is 0 Å². The standard InChI is InChI=1S/C20H22N6O2/c1-13-10-14(2)22-19(27)18(13)20(28)25-7-5-16-23-24-17(26(16)9-8-25)11-15-4-3-6-21-12-15/h3-4,6,10,12H,5,7-9,11H2,1-2H3,(H,22,27). The molecule has 0 spiro atoms. The summed E-state index contributed by atoms with van der Waals surface area (Å²) in [6, 6.07) is 5.73. The van der Waals surface area contributed by atoms with E-state index >= 15 is 0 Å². The highest BCUT2D eigenvalue weighted by Gasteiger charge is 2.25. The van der Waals surface area contributed by atoms with Crippen LogP contribution < -0.4 is 5.56 Å². The van der Waals surface area contributed by atoms with E-state index in [1.54, 1.807) is 18.0 Å². The van der Waals surface area contributed by atoms with E-state index in [2.05, 4.69) is 24.7 Å². The van der Waals surface area contributed by atoms with Gasteiger partial charge in [0, 0.05) is 50.6 Å². The van der Waals surface area contributed by atoms with Gasteiger partial charge in [-0.1, -0.05) is 6.07 Å². The van der Waals surface area contributed by atoms with E-state index < -0.39 is 0 Å². The third-order valence-corrected chi connectivity index (χ3v) is 5.05. The molecule has 3 aromatic heterocycles. The Morgan fingerprint density at radius 3 is 2.82 bits per heavy atom. The van der Waals surface area contributed by atoms with Gasteiger partial charge in [-0.3, -0.25) is 14.6 Å². The van der Waals surface area contributed by atoms with E-state index in [0.717, 1.165) is 22.9 Å². The van der Waals surface area contributed by atoms with Gasteiger partial charge in [0.1, 0.15) is 17.2 Å². The lowest BCUT2D eigenvalue weighted by Crippen LogP contribution is -2.37. The Kier molecular flexibility index (Phi) is 4.77. The lowest BCUT2D eigenvalue weighted by Gasteiger charge is -2.20. The van der Waals surface area contributed by atoms with Crippen molar-refractivity contribution in [3.05, 3.63) is 75.0 Å². The molecule has 0 saturated carbocycles. The number of hydrogen-bond donors (Lipinski definition) is 1. The van der Waals surface area contributed by atoms with Crippen LogP contribution in [0, 0.1) is 13.8 Å². The molecule has 0 saturated heterocycles. The van der Waals surface area contributed by atoms with Gasteiger partial charge in [-0.05, 0) is 37.1 Å². The van der Waals surface area contributed by atoms with Gasteiger partial charge in [0.05, 0.1) is 0 Å². The Morgan fingerprint density at radius 1 is 1.21 bits per heavy atom. The fraction of sp³-hybridized carbons (Fsp3) is 0.350. The number of carbonyl (C=O) groups is 1. The topological polar surface area (TPSA) is 96.8 Å². The highest BCUT2D eigenvalue weighted by atomic mass is 16.2. The first kappa shape index (κ1) is 18.1. The zero-order chi connectivity index (χ0) is 19.7. The van der Waals surface area contributed by atoms with Crippen molar-refractivity contribution in [1.29, 1.82) is 0 Å². The summed E-state index contributed by atoms with van der Waals surface area (Å²) in [5.74, 6) is 1.50. The molecule has 0 aliphatic carbocycles. The second-order valence-electron chi connectivity index (χ2n) is 7.10. The Balaban J connectivity index is 1.54. The molecular formula is C20H22N6O2. The highest BCUT2D eigenvalue weighted by Crippen LogP contribution is 2.15. The second-order valence-corrected chi connectivity index (χ2v) is 7.10. The first-order chi connectivity index (χ1) is 13.5. The molecule has 28 heavy (non-hydrogen) atoms. The second kappa shape index (κ2) is 7.38. The fourth-order valence-electron chi connectivity index (χ4n) is 3.68. The van der Waals surface area contributed by atoms with Gasteiger partial charge in [-0.15, -0.1) is 10.2 Å². The number of nitrogens with one attached hydrogen (secondary N) is 1. The summed E-state index contributed by atoms with van der Waals surface area (Å²) in [6.07, 6.45) is 4.81. The van der Waals surface area contributed by atoms with Crippen LogP contribution in [0.25, 0.3) is 0 Å². The molecule has 4 rings (SSSR count). The SMILES string of the molecule is Cc1cc(C)c(C(=O)N2CCc3nnc(Cc4cccnc4)n3CC2)c(=O)[nH]1. The van der Waals surface area contributed by atoms with Crippen LogP contribution in [-0.2, 0) is 19.4 Å². The Labute approximate surface area is 162 Å². The van der Waals surface area contributed by atoms with Crippen LogP contribution in [0.5, 0.6) is 0 Å². The smallest absolute Gasteiger partial charge is 0.261 e. The molecule has 0 radical (unpaired) electrons. The maximum Gasteiger partial charge on any atom is 0.261 e. The van der Waals surface area contributed by atoms with Gasteiger partial charge >= 0.3 is 0 Å². The van der Waals surface area contributed by atoms with E-state index in [1.165, 1.54) is 0 Å². The molecule has 1 aliphatic rings. The summed E-state index contributed by atoms with van der Waals surface area (Å²) in [5.41, 5.74) is 2.41. The lowest BCUT2D eigenvalue weighted by molar-refractivity contribution is 0.0756. The third-order valence-electron chi connectivity index (χ3n) is 5.05. The molecule has 3 aromatic rings. The molecule has 1 amide bonds. The molecule has 0 atom stereocenters. The van der Waals surface area contributed by atoms with E-state index in [-0.39, 0.29) is 17.0 Å². The number of aromatic amines is 1. The predicted octanol–water partition coefficient (Wildman–Crippen LogP) is 1.27. The highest BCUT2D eigenvalue weighted by molar-refractivity contribution is 5.95. The Bertz CT molecular complexity index is 1070. The van der Waals surface area contributed by atoms with Gasteiger partial charge < -0.3 is 14.5 Å². The number of nitrogens with zero attached hydrogens (tertiary/aromatic N) is 5. The minimum Gasteiger partial charge on any atom is -0.336 e. The zero-order valence-corrected chi connectivity index (χ0v) is 16.0. The molecule has 8 heteroatoms. The molecule has 1 aliphatic heterocycles. The van der Waals surface area contributed by atoms with Crippen LogP contribution in [0.3, 0.4) is 0 Å². The van der Waals surface area contributed by atoms with Crippen LogP contribution in [0.2, 0.25) is 0 Å². The third kappa shape index (κ3) is 3.45. The summed E-state index contributed by atoms with van der Waals surface area (Å²) in [4.78, 5) is 33.9. The van der Waals surface area contributed by atoms with E-state index in [9.17, 15) is 9.59 Å². The first-order valence-corrected chi connectivity index (χ1v) is 9.32. The van der Waals surface area contributed by atoms with Gasteiger partial charge in [0.25, 0.3) is 11.5 Å². The van der Waals surface area contributed by atoms with Crippen molar-refractivity contribution < 1.29 is 4.79 Å². The van der Waals surface area contributed by atoms with Crippen molar-refractivity contribution in [2.24, 2.45) is 0 Å². The maximum absolute atomic E-state index is 13.0. The molecule has 1 N–H and O–H groups in total. The van der Waals surface area contributed by atoms with Gasteiger partial charge in [-0.2, -0.15) is 0 Å². The number of hydrogen-bond acceptors (Lipinski definition) is 5. The predicted molar refractivity (Wildman–Crippen MR) is 103 cm³/mol. The van der Waals surface area contributed by atoms with Crippen molar-refractivity contribution in [3.8, 4) is 0 Å². The molecule has 0 unspecified atom stereocenters. The molecule has 8 nitrogen and oxygen atoms in total. The van der Waals surface area contributed by atoms with Crippen LogP contribution in [0.1, 0.15) is 38.8 Å². The summed E-state index contributed by atoms with van der Waals surface area (Å²) < 4.78 is 2.08. The number of amides is 1. The molecule has 4 heterocycles. The van der Waals surface area contributed by atoms with Crippen molar-refractivity contribution in [3.63, 3.8) is 0 Å². The van der Waals surface area contributed by atoms with Crippen molar-refractivity contribution in [1.82, 2.24) is 29.6 Å². The van der Waals surface area contributed by atoms with Crippen LogP contribution in [-0.4, -0.2) is 48.6 Å². The summed E-state index contributed by atoms with van der Waals surface area (Å²) in [6.45, 7) is 5.23. The molecule has 0 fully saturated rings. The number of carbonyl (C=O) groups excluding carboxylic acids is 1. The van der Waals surface area contributed by atoms with Gasteiger partial charge in [0.2, 0.25) is 0 Å². The largest absolute Gasteiger partial charge is 0.336 e. The number of fused-ring (bicyclic) bond motifs is 1. The lowest BCUT2D eigenvalue weighted by atomic mass is 10.1. The monoisotopic (exact) mass is 378 g/mol. The van der Waals surface area contributed by atoms with Crippen LogP contribution in [0.15, 0.2) is 35.4 Å². The average Bonchev–Trinajstić information content (AvgIpc) is 2.90. The van der Waals surface area contributed by atoms with E-state index in [1.807, 2.05) is 31.3 Å². The number of aryl methyl sites for hydroxylation is 2. The van der Waals surface area contributed by atoms with Gasteiger partial charge in [-0.25, -0.2) is 0 Å². The van der Waals surface area contributed by atoms with Crippen LogP contribution in [0.4, 0.5) is 0 Å². The number of pyridine rings is 2. The van der Waals surface area contributed by atoms with Crippen molar-refractivity contribution >= 4 is 5.91 Å². The maximum atomic E-state index is 13.0. The number of H-pyrrole nitrogens is 1. The minimum absolute atomic E-state index is 0.221. The van der Waals surface area contributed by atoms with Crippen molar-refractivity contribution in [2.45, 2.75) is 33.2 Å². The number of rotatable bonds is 3. The fourth-order valence-corrected chi connectivity index (χ4v) is 3.68. The minimum atomic E-state index is -0.330. The van der Waals surface area contributed by atoms with Crippen molar-refractivity contribution in [2.75, 3.05) is 13.1 Å². The average molecular weight is 378 g/mol. The normalized spacial score (nSPS) is 13.9.